The van der Waals surface area contributed by atoms with E-state index in [1.807, 2.05) is 7.05 Å². The lowest BCUT2D eigenvalue weighted by Gasteiger charge is -2.32. The number of nitrogens with one attached hydrogen (secondary N) is 2. The van der Waals surface area contributed by atoms with Gasteiger partial charge in [0, 0.05) is 12.6 Å². The maximum atomic E-state index is 11.7. The summed E-state index contributed by atoms with van der Waals surface area (Å²) in [7, 11) is 0.806. The summed E-state index contributed by atoms with van der Waals surface area (Å²) in [6.07, 6.45) is 4.18. The van der Waals surface area contributed by atoms with E-state index in [1.165, 1.54) is 12.8 Å². The summed E-state index contributed by atoms with van der Waals surface area (Å²) in [5.41, 5.74) is 0. The molecule has 0 amide bonds. The number of piperidine rings is 1. The molecule has 0 aromatic heterocycles. The van der Waals surface area contributed by atoms with Crippen molar-refractivity contribution in [2.45, 2.75) is 31.7 Å². The first-order valence-corrected chi connectivity index (χ1v) is 8.02. The molecule has 0 bridgehead atoms. The zero-order chi connectivity index (χ0) is 12.7. The van der Waals surface area contributed by atoms with Gasteiger partial charge in [0.15, 0.2) is 0 Å². The second-order valence-electron chi connectivity index (χ2n) is 4.75. The molecule has 5 nitrogen and oxygen atoms in total. The highest BCUT2D eigenvalue weighted by Gasteiger charge is 2.20. The number of nitrogens with zero attached hydrogens (tertiary/aromatic N) is 1. The van der Waals surface area contributed by atoms with Gasteiger partial charge in [-0.15, -0.1) is 0 Å². The molecule has 1 saturated heterocycles. The Morgan fingerprint density at radius 1 is 1.35 bits per heavy atom. The predicted molar refractivity (Wildman–Crippen MR) is 70.6 cm³/mol. The van der Waals surface area contributed by atoms with Gasteiger partial charge < -0.3 is 10.2 Å². The minimum atomic E-state index is -3.09. The van der Waals surface area contributed by atoms with Gasteiger partial charge in [0.2, 0.25) is 10.0 Å². The van der Waals surface area contributed by atoms with Crippen molar-refractivity contribution in [1.82, 2.24) is 14.9 Å². The number of sulfonamides is 1. The Bertz CT molecular complexity index is 306. The highest BCUT2D eigenvalue weighted by Crippen LogP contribution is 2.14. The van der Waals surface area contributed by atoms with Crippen molar-refractivity contribution in [1.29, 1.82) is 0 Å². The summed E-state index contributed by atoms with van der Waals surface area (Å²) in [5, 5.41) is 2.95. The SMILES string of the molecule is CNCCCS(=O)(=O)NCC1CCCCN1C. The average molecular weight is 263 g/mol. The monoisotopic (exact) mass is 263 g/mol. The third kappa shape index (κ3) is 5.81. The van der Waals surface area contributed by atoms with Gasteiger partial charge in [-0.2, -0.15) is 0 Å². The molecule has 1 atom stereocenters. The summed E-state index contributed by atoms with van der Waals surface area (Å²) in [6, 6.07) is 0.364. The molecule has 0 aliphatic carbocycles. The topological polar surface area (TPSA) is 61.4 Å². The van der Waals surface area contributed by atoms with Gasteiger partial charge in [-0.1, -0.05) is 6.42 Å². The molecule has 1 rings (SSSR count). The van der Waals surface area contributed by atoms with Crippen LogP contribution in [0.3, 0.4) is 0 Å². The average Bonchev–Trinajstić information content (AvgIpc) is 2.28. The lowest BCUT2D eigenvalue weighted by Crippen LogP contribution is -2.45. The smallest absolute Gasteiger partial charge is 0.211 e. The van der Waals surface area contributed by atoms with E-state index in [2.05, 4.69) is 22.0 Å². The van der Waals surface area contributed by atoms with Crippen LogP contribution in [0.15, 0.2) is 0 Å². The van der Waals surface area contributed by atoms with Crippen molar-refractivity contribution in [3.05, 3.63) is 0 Å². The summed E-state index contributed by atoms with van der Waals surface area (Å²) in [5.74, 6) is 0.213. The largest absolute Gasteiger partial charge is 0.320 e. The summed E-state index contributed by atoms with van der Waals surface area (Å²) < 4.78 is 26.1. The quantitative estimate of drug-likeness (QED) is 0.635. The fourth-order valence-corrected chi connectivity index (χ4v) is 3.25. The van der Waals surface area contributed by atoms with E-state index in [0.29, 0.717) is 19.0 Å². The van der Waals surface area contributed by atoms with Crippen LogP contribution in [0.5, 0.6) is 0 Å². The van der Waals surface area contributed by atoms with Crippen molar-refractivity contribution < 1.29 is 8.42 Å². The first kappa shape index (κ1) is 14.9. The van der Waals surface area contributed by atoms with Gasteiger partial charge >= 0.3 is 0 Å². The second-order valence-corrected chi connectivity index (χ2v) is 6.68. The number of likely N-dealkylation sites (tertiary alicyclic amines) is 1. The van der Waals surface area contributed by atoms with Crippen LogP contribution >= 0.6 is 0 Å². The van der Waals surface area contributed by atoms with Crippen molar-refractivity contribution in [3.8, 4) is 0 Å². The zero-order valence-electron chi connectivity index (χ0n) is 10.9. The van der Waals surface area contributed by atoms with E-state index < -0.39 is 10.0 Å². The molecule has 1 unspecified atom stereocenters. The van der Waals surface area contributed by atoms with Crippen LogP contribution in [0.25, 0.3) is 0 Å². The molecule has 6 heteroatoms. The van der Waals surface area contributed by atoms with E-state index in [4.69, 9.17) is 0 Å². The summed E-state index contributed by atoms with van der Waals surface area (Å²) in [6.45, 7) is 2.37. The van der Waals surface area contributed by atoms with Crippen molar-refractivity contribution >= 4 is 10.0 Å². The Morgan fingerprint density at radius 2 is 2.12 bits per heavy atom. The number of hydrogen-bond acceptors (Lipinski definition) is 4. The molecule has 1 aliphatic rings. The maximum absolute atomic E-state index is 11.7. The molecule has 0 spiro atoms. The second kappa shape index (κ2) is 7.31. The highest BCUT2D eigenvalue weighted by atomic mass is 32.2. The highest BCUT2D eigenvalue weighted by molar-refractivity contribution is 7.89. The lowest BCUT2D eigenvalue weighted by molar-refractivity contribution is 0.187. The number of rotatable bonds is 7. The Hall–Kier alpha value is -0.170. The minimum absolute atomic E-state index is 0.213. The number of likely N-dealkylation sites (N-methyl/N-ethyl adjacent to an activating group) is 1. The van der Waals surface area contributed by atoms with Crippen LogP contribution < -0.4 is 10.0 Å². The minimum Gasteiger partial charge on any atom is -0.320 e. The third-order valence-electron chi connectivity index (χ3n) is 3.30. The Balaban J connectivity index is 2.28. The molecular weight excluding hydrogens is 238 g/mol. The molecule has 1 aliphatic heterocycles. The molecule has 102 valence electrons. The van der Waals surface area contributed by atoms with Crippen LogP contribution in [-0.2, 0) is 10.0 Å². The van der Waals surface area contributed by atoms with Gasteiger partial charge in [-0.25, -0.2) is 13.1 Å². The van der Waals surface area contributed by atoms with Crippen LogP contribution in [0.4, 0.5) is 0 Å². The lowest BCUT2D eigenvalue weighted by atomic mass is 10.0. The van der Waals surface area contributed by atoms with E-state index in [1.54, 1.807) is 0 Å². The van der Waals surface area contributed by atoms with Gasteiger partial charge in [0.25, 0.3) is 0 Å². The molecule has 2 N–H and O–H groups in total. The van der Waals surface area contributed by atoms with Crippen molar-refractivity contribution in [2.24, 2.45) is 0 Å². The predicted octanol–water partition coefficient (Wildman–Crippen LogP) is -0.000400. The molecular formula is C11H25N3O2S. The fourth-order valence-electron chi connectivity index (χ4n) is 2.14. The van der Waals surface area contributed by atoms with Crippen LogP contribution in [0.2, 0.25) is 0 Å². The van der Waals surface area contributed by atoms with E-state index >= 15 is 0 Å². The Morgan fingerprint density at radius 3 is 2.76 bits per heavy atom. The molecule has 1 fully saturated rings. The normalized spacial score (nSPS) is 22.8. The van der Waals surface area contributed by atoms with E-state index in [0.717, 1.165) is 19.5 Å². The van der Waals surface area contributed by atoms with Gasteiger partial charge in [-0.3, -0.25) is 0 Å². The molecule has 17 heavy (non-hydrogen) atoms. The third-order valence-corrected chi connectivity index (χ3v) is 4.73. The van der Waals surface area contributed by atoms with Crippen LogP contribution in [0.1, 0.15) is 25.7 Å². The molecule has 0 saturated carbocycles. The van der Waals surface area contributed by atoms with Gasteiger partial charge in [0.1, 0.15) is 0 Å². The van der Waals surface area contributed by atoms with Crippen LogP contribution in [0, 0.1) is 0 Å². The molecule has 1 heterocycles. The Kier molecular flexibility index (Phi) is 6.40. The van der Waals surface area contributed by atoms with Crippen LogP contribution in [-0.4, -0.2) is 58.8 Å². The van der Waals surface area contributed by atoms with Crippen molar-refractivity contribution in [2.75, 3.05) is 39.5 Å². The van der Waals surface area contributed by atoms with Gasteiger partial charge in [0.05, 0.1) is 5.75 Å². The molecule has 0 aromatic rings. The van der Waals surface area contributed by atoms with Gasteiger partial charge in [-0.05, 0) is 46.4 Å². The standard InChI is InChI=1S/C11H25N3O2S/c1-12-7-5-9-17(15,16)13-10-11-6-3-4-8-14(11)2/h11-13H,3-10H2,1-2H3. The first-order chi connectivity index (χ1) is 8.05. The molecule has 0 radical (unpaired) electrons. The Labute approximate surface area is 105 Å². The fraction of sp³-hybridized carbons (Fsp3) is 1.00. The summed E-state index contributed by atoms with van der Waals surface area (Å²) >= 11 is 0. The van der Waals surface area contributed by atoms with E-state index in [-0.39, 0.29) is 5.75 Å². The zero-order valence-corrected chi connectivity index (χ0v) is 11.7. The first-order valence-electron chi connectivity index (χ1n) is 6.37. The number of hydrogen-bond donors (Lipinski definition) is 2. The molecule has 0 aromatic carbocycles. The van der Waals surface area contributed by atoms with E-state index in [9.17, 15) is 8.42 Å². The maximum Gasteiger partial charge on any atom is 0.211 e. The summed E-state index contributed by atoms with van der Waals surface area (Å²) in [4.78, 5) is 2.25. The van der Waals surface area contributed by atoms with Crippen molar-refractivity contribution in [3.63, 3.8) is 0 Å².